The van der Waals surface area contributed by atoms with E-state index in [2.05, 4.69) is 25.8 Å². The van der Waals surface area contributed by atoms with E-state index in [1.54, 1.807) is 13.0 Å². The van der Waals surface area contributed by atoms with Gasteiger partial charge >= 0.3 is 0 Å². The second-order valence-corrected chi connectivity index (χ2v) is 6.16. The molecule has 0 aliphatic heterocycles. The van der Waals surface area contributed by atoms with E-state index in [9.17, 15) is 4.39 Å². The van der Waals surface area contributed by atoms with Gasteiger partial charge in [-0.1, -0.05) is 31.1 Å². The van der Waals surface area contributed by atoms with Crippen LogP contribution in [0.25, 0.3) is 0 Å². The van der Waals surface area contributed by atoms with Crippen LogP contribution in [0.15, 0.2) is 27.7 Å². The molecule has 8 heteroatoms. The Bertz CT molecular complexity index is 717. The van der Waals surface area contributed by atoms with E-state index in [4.69, 9.17) is 4.52 Å². The zero-order valence-corrected chi connectivity index (χ0v) is 18.0. The molecule has 2 aromatic rings. The number of hydrogen-bond acceptors (Lipinski definition) is 4. The highest BCUT2D eigenvalue weighted by Crippen LogP contribution is 2.10. The minimum atomic E-state index is -0.206. The molecule has 0 saturated heterocycles. The van der Waals surface area contributed by atoms with Crippen LogP contribution in [0.1, 0.15) is 49.5 Å². The third-order valence-electron chi connectivity index (χ3n) is 3.63. The lowest BCUT2D eigenvalue weighted by Crippen LogP contribution is -2.38. The lowest BCUT2D eigenvalue weighted by atomic mass is 10.1. The molecule has 0 atom stereocenters. The highest BCUT2D eigenvalue weighted by atomic mass is 127. The zero-order valence-electron chi connectivity index (χ0n) is 15.7. The molecule has 1 aromatic heterocycles. The Balaban J connectivity index is 0.00000338. The van der Waals surface area contributed by atoms with Gasteiger partial charge in [0.2, 0.25) is 5.89 Å². The van der Waals surface area contributed by atoms with Crippen LogP contribution in [0, 0.1) is 12.7 Å². The second-order valence-electron chi connectivity index (χ2n) is 6.16. The smallest absolute Gasteiger partial charge is 0.228 e. The maximum Gasteiger partial charge on any atom is 0.228 e. The molecule has 0 aliphatic carbocycles. The molecule has 1 aromatic carbocycles. The van der Waals surface area contributed by atoms with Crippen LogP contribution in [0.2, 0.25) is 0 Å². The van der Waals surface area contributed by atoms with Crippen molar-refractivity contribution in [2.45, 2.75) is 46.6 Å². The SMILES string of the molecule is CCNC(=NCc1ccc(C)c(F)c1)NCCc1nc(C(C)C)no1.I. The van der Waals surface area contributed by atoms with Gasteiger partial charge in [0.25, 0.3) is 0 Å². The van der Waals surface area contributed by atoms with Crippen LogP contribution >= 0.6 is 24.0 Å². The van der Waals surface area contributed by atoms with Crippen molar-refractivity contribution in [3.05, 3.63) is 46.9 Å². The molecule has 0 radical (unpaired) electrons. The van der Waals surface area contributed by atoms with Crippen molar-refractivity contribution >= 4 is 29.9 Å². The first-order valence-electron chi connectivity index (χ1n) is 8.59. The van der Waals surface area contributed by atoms with Gasteiger partial charge in [0, 0.05) is 25.4 Å². The summed E-state index contributed by atoms with van der Waals surface area (Å²) >= 11 is 0. The predicted molar refractivity (Wildman–Crippen MR) is 111 cm³/mol. The van der Waals surface area contributed by atoms with Gasteiger partial charge in [0.05, 0.1) is 6.54 Å². The van der Waals surface area contributed by atoms with Crippen LogP contribution in [0.5, 0.6) is 0 Å². The highest BCUT2D eigenvalue weighted by Gasteiger charge is 2.09. The number of aromatic nitrogens is 2. The molecule has 0 bridgehead atoms. The molecule has 144 valence electrons. The molecule has 6 nitrogen and oxygen atoms in total. The normalized spacial score (nSPS) is 11.4. The van der Waals surface area contributed by atoms with Crippen molar-refractivity contribution < 1.29 is 8.91 Å². The van der Waals surface area contributed by atoms with Crippen molar-refractivity contribution in [1.82, 2.24) is 20.8 Å². The predicted octanol–water partition coefficient (Wildman–Crippen LogP) is 3.56. The Labute approximate surface area is 171 Å². The van der Waals surface area contributed by atoms with Gasteiger partial charge in [-0.25, -0.2) is 9.38 Å². The molecule has 26 heavy (non-hydrogen) atoms. The molecule has 2 N–H and O–H groups in total. The first kappa shape index (κ1) is 22.3. The quantitative estimate of drug-likeness (QED) is 0.364. The van der Waals surface area contributed by atoms with E-state index in [0.717, 1.165) is 17.9 Å². The average molecular weight is 475 g/mol. The number of rotatable bonds is 7. The van der Waals surface area contributed by atoms with Crippen LogP contribution in [-0.4, -0.2) is 29.2 Å². The largest absolute Gasteiger partial charge is 0.357 e. The lowest BCUT2D eigenvalue weighted by Gasteiger charge is -2.10. The maximum absolute atomic E-state index is 13.6. The van der Waals surface area contributed by atoms with E-state index in [0.29, 0.717) is 36.9 Å². The fourth-order valence-corrected chi connectivity index (χ4v) is 2.14. The molecule has 0 amide bonds. The number of aryl methyl sites for hydroxylation is 1. The first-order chi connectivity index (χ1) is 12.0. The fraction of sp³-hybridized carbons (Fsp3) is 0.500. The van der Waals surface area contributed by atoms with Gasteiger partial charge in [-0.2, -0.15) is 4.98 Å². The van der Waals surface area contributed by atoms with Crippen LogP contribution in [0.4, 0.5) is 4.39 Å². The molecule has 1 heterocycles. The van der Waals surface area contributed by atoms with Crippen molar-refractivity contribution in [3.8, 4) is 0 Å². The number of aliphatic imine (C=N–C) groups is 1. The summed E-state index contributed by atoms with van der Waals surface area (Å²) in [6.07, 6.45) is 0.614. The Kier molecular flexibility index (Phi) is 9.53. The van der Waals surface area contributed by atoms with E-state index in [-0.39, 0.29) is 35.7 Å². The van der Waals surface area contributed by atoms with Crippen LogP contribution in [0.3, 0.4) is 0 Å². The Morgan fingerprint density at radius 1 is 1.31 bits per heavy atom. The van der Waals surface area contributed by atoms with Crippen LogP contribution < -0.4 is 10.6 Å². The van der Waals surface area contributed by atoms with Gasteiger partial charge < -0.3 is 15.2 Å². The highest BCUT2D eigenvalue weighted by molar-refractivity contribution is 14.0. The van der Waals surface area contributed by atoms with E-state index < -0.39 is 0 Å². The van der Waals surface area contributed by atoms with Gasteiger partial charge in [0.15, 0.2) is 11.8 Å². The summed E-state index contributed by atoms with van der Waals surface area (Å²) in [6, 6.07) is 5.17. The fourth-order valence-electron chi connectivity index (χ4n) is 2.14. The summed E-state index contributed by atoms with van der Waals surface area (Å²) in [5.41, 5.74) is 1.47. The van der Waals surface area contributed by atoms with E-state index >= 15 is 0 Å². The van der Waals surface area contributed by atoms with Crippen molar-refractivity contribution in [2.24, 2.45) is 4.99 Å². The maximum atomic E-state index is 13.6. The molecule has 0 aliphatic rings. The minimum Gasteiger partial charge on any atom is -0.357 e. The van der Waals surface area contributed by atoms with E-state index in [1.165, 1.54) is 6.07 Å². The Morgan fingerprint density at radius 2 is 2.08 bits per heavy atom. The molecule has 2 rings (SSSR count). The van der Waals surface area contributed by atoms with Crippen molar-refractivity contribution in [3.63, 3.8) is 0 Å². The second kappa shape index (κ2) is 11.1. The summed E-state index contributed by atoms with van der Waals surface area (Å²) in [5.74, 6) is 2.04. The van der Waals surface area contributed by atoms with Crippen molar-refractivity contribution in [1.29, 1.82) is 0 Å². The molecule has 0 fully saturated rings. The number of benzene rings is 1. The average Bonchev–Trinajstić information content (AvgIpc) is 3.05. The van der Waals surface area contributed by atoms with Gasteiger partial charge in [0.1, 0.15) is 5.82 Å². The minimum absolute atomic E-state index is 0. The summed E-state index contributed by atoms with van der Waals surface area (Å²) in [5, 5.41) is 10.3. The zero-order chi connectivity index (χ0) is 18.2. The van der Waals surface area contributed by atoms with E-state index in [1.807, 2.05) is 26.8 Å². The summed E-state index contributed by atoms with van der Waals surface area (Å²) in [4.78, 5) is 8.82. The monoisotopic (exact) mass is 475 g/mol. The Hall–Kier alpha value is -1.71. The van der Waals surface area contributed by atoms with Gasteiger partial charge in [-0.15, -0.1) is 24.0 Å². The van der Waals surface area contributed by atoms with Gasteiger partial charge in [-0.3, -0.25) is 0 Å². The molecular formula is C18H27FIN5O. The number of nitrogens with zero attached hydrogens (tertiary/aromatic N) is 3. The molecule has 0 saturated carbocycles. The third kappa shape index (κ3) is 6.89. The number of nitrogens with one attached hydrogen (secondary N) is 2. The standard InChI is InChI=1S/C18H26FN5O.HI/c1-5-20-18(22-11-14-7-6-13(4)15(19)10-14)21-9-8-16-23-17(12(2)3)24-25-16;/h6-7,10,12H,5,8-9,11H2,1-4H3,(H2,20,21,22);1H. The van der Waals surface area contributed by atoms with Crippen LogP contribution in [-0.2, 0) is 13.0 Å². The molecule has 0 spiro atoms. The Morgan fingerprint density at radius 3 is 2.69 bits per heavy atom. The topological polar surface area (TPSA) is 75.3 Å². The first-order valence-corrected chi connectivity index (χ1v) is 8.59. The number of guanidine groups is 1. The number of halogens is 2. The molecule has 0 unspecified atom stereocenters. The lowest BCUT2D eigenvalue weighted by molar-refractivity contribution is 0.371. The van der Waals surface area contributed by atoms with Gasteiger partial charge in [-0.05, 0) is 31.0 Å². The summed E-state index contributed by atoms with van der Waals surface area (Å²) in [7, 11) is 0. The number of hydrogen-bond donors (Lipinski definition) is 2. The third-order valence-corrected chi connectivity index (χ3v) is 3.63. The molecular weight excluding hydrogens is 448 g/mol. The summed E-state index contributed by atoms with van der Waals surface area (Å²) < 4.78 is 18.8. The summed E-state index contributed by atoms with van der Waals surface area (Å²) in [6.45, 7) is 9.56. The van der Waals surface area contributed by atoms with Crippen molar-refractivity contribution in [2.75, 3.05) is 13.1 Å².